The molecule has 0 bridgehead atoms. The zero-order valence-corrected chi connectivity index (χ0v) is 11.4. The molecule has 1 aliphatic rings. The molecule has 1 aromatic carbocycles. The molecule has 1 saturated carbocycles. The highest BCUT2D eigenvalue weighted by atomic mass is 16.5. The number of benzene rings is 1. The zero-order chi connectivity index (χ0) is 13.7. The number of nitrogens with one attached hydrogen (secondary N) is 1. The van der Waals surface area contributed by atoms with Crippen molar-refractivity contribution in [2.45, 2.75) is 44.2 Å². The second-order valence-electron chi connectivity index (χ2n) is 5.20. The van der Waals surface area contributed by atoms with Gasteiger partial charge in [-0.2, -0.15) is 0 Å². The number of hydrogen-bond donors (Lipinski definition) is 2. The van der Waals surface area contributed by atoms with E-state index in [2.05, 4.69) is 5.32 Å². The maximum absolute atomic E-state index is 11.9. The van der Waals surface area contributed by atoms with Gasteiger partial charge in [-0.25, -0.2) is 0 Å². The number of carbonyl (C=O) groups is 1. The van der Waals surface area contributed by atoms with Crippen LogP contribution in [0, 0.1) is 0 Å². The molecule has 104 valence electrons. The fourth-order valence-corrected chi connectivity index (χ4v) is 2.47. The van der Waals surface area contributed by atoms with Crippen LogP contribution in [0.2, 0.25) is 0 Å². The van der Waals surface area contributed by atoms with E-state index in [-0.39, 0.29) is 5.91 Å². The molecule has 3 N–H and O–H groups in total. The molecule has 4 heteroatoms. The number of ether oxygens (including phenoxy) is 1. The molecule has 0 spiro atoms. The highest BCUT2D eigenvalue weighted by Crippen LogP contribution is 2.17. The highest BCUT2D eigenvalue weighted by molar-refractivity contribution is 5.78. The lowest BCUT2D eigenvalue weighted by atomic mass is 9.91. The first-order valence-corrected chi connectivity index (χ1v) is 6.85. The number of carbonyl (C=O) groups excluding carboxylic acids is 1. The maximum Gasteiger partial charge on any atom is 0.224 e. The summed E-state index contributed by atoms with van der Waals surface area (Å²) < 4.78 is 5.09. The molecule has 0 radical (unpaired) electrons. The van der Waals surface area contributed by atoms with Gasteiger partial charge in [-0.15, -0.1) is 0 Å². The Balaban J connectivity index is 1.80. The average molecular weight is 262 g/mol. The first-order valence-electron chi connectivity index (χ1n) is 6.85. The van der Waals surface area contributed by atoms with Crippen molar-refractivity contribution >= 4 is 5.91 Å². The van der Waals surface area contributed by atoms with Gasteiger partial charge in [0.15, 0.2) is 0 Å². The zero-order valence-electron chi connectivity index (χ0n) is 11.4. The predicted molar refractivity (Wildman–Crippen MR) is 75.1 cm³/mol. The summed E-state index contributed by atoms with van der Waals surface area (Å²) in [6, 6.07) is 8.22. The van der Waals surface area contributed by atoms with E-state index >= 15 is 0 Å². The van der Waals surface area contributed by atoms with Crippen LogP contribution in [0.4, 0.5) is 0 Å². The second kappa shape index (κ2) is 6.57. The highest BCUT2D eigenvalue weighted by Gasteiger charge is 2.19. The topological polar surface area (TPSA) is 64.3 Å². The van der Waals surface area contributed by atoms with Crippen LogP contribution in [0.5, 0.6) is 5.75 Å². The third kappa shape index (κ3) is 4.24. The van der Waals surface area contributed by atoms with Crippen LogP contribution in [-0.2, 0) is 11.2 Å². The largest absolute Gasteiger partial charge is 0.497 e. The van der Waals surface area contributed by atoms with Gasteiger partial charge >= 0.3 is 0 Å². The second-order valence-corrected chi connectivity index (χ2v) is 5.20. The fraction of sp³-hybridized carbons (Fsp3) is 0.533. The summed E-state index contributed by atoms with van der Waals surface area (Å²) >= 11 is 0. The molecule has 0 atom stereocenters. The molecule has 0 aromatic heterocycles. The quantitative estimate of drug-likeness (QED) is 0.866. The van der Waals surface area contributed by atoms with Crippen LogP contribution in [0.15, 0.2) is 24.3 Å². The van der Waals surface area contributed by atoms with Crippen LogP contribution in [0.1, 0.15) is 31.2 Å². The smallest absolute Gasteiger partial charge is 0.224 e. The van der Waals surface area contributed by atoms with Gasteiger partial charge in [0, 0.05) is 12.1 Å². The Morgan fingerprint density at radius 3 is 2.47 bits per heavy atom. The van der Waals surface area contributed by atoms with Gasteiger partial charge in [-0.05, 0) is 43.4 Å². The molecule has 19 heavy (non-hydrogen) atoms. The van der Waals surface area contributed by atoms with E-state index in [1.54, 1.807) is 7.11 Å². The van der Waals surface area contributed by atoms with Crippen molar-refractivity contribution in [3.63, 3.8) is 0 Å². The molecule has 4 nitrogen and oxygen atoms in total. The lowest BCUT2D eigenvalue weighted by molar-refractivity contribution is -0.121. The molecule has 0 saturated heterocycles. The summed E-state index contributed by atoms with van der Waals surface area (Å²) in [6.07, 6.45) is 4.43. The molecule has 2 rings (SSSR count). The number of nitrogens with two attached hydrogens (primary N) is 1. The van der Waals surface area contributed by atoms with E-state index in [1.807, 2.05) is 24.3 Å². The molecule has 0 heterocycles. The van der Waals surface area contributed by atoms with Crippen molar-refractivity contribution in [1.82, 2.24) is 5.32 Å². The lowest BCUT2D eigenvalue weighted by Crippen LogP contribution is -2.41. The Morgan fingerprint density at radius 1 is 1.26 bits per heavy atom. The van der Waals surface area contributed by atoms with Crippen LogP contribution < -0.4 is 15.8 Å². The fourth-order valence-electron chi connectivity index (χ4n) is 2.47. The molecule has 1 amide bonds. The van der Waals surface area contributed by atoms with E-state index in [1.165, 1.54) is 0 Å². The average Bonchev–Trinajstić information content (AvgIpc) is 2.42. The molecular weight excluding hydrogens is 240 g/mol. The van der Waals surface area contributed by atoms with Gasteiger partial charge in [0.05, 0.1) is 13.5 Å². The van der Waals surface area contributed by atoms with Crippen molar-refractivity contribution in [3.8, 4) is 5.75 Å². The maximum atomic E-state index is 11.9. The normalized spacial score (nSPS) is 22.8. The van der Waals surface area contributed by atoms with E-state index in [0.29, 0.717) is 18.5 Å². The summed E-state index contributed by atoms with van der Waals surface area (Å²) in [7, 11) is 1.63. The van der Waals surface area contributed by atoms with Gasteiger partial charge in [0.1, 0.15) is 5.75 Å². The first-order chi connectivity index (χ1) is 9.17. The van der Waals surface area contributed by atoms with Crippen molar-refractivity contribution in [3.05, 3.63) is 29.8 Å². The summed E-state index contributed by atoms with van der Waals surface area (Å²) in [5, 5.41) is 3.09. The molecule has 1 aliphatic carbocycles. The van der Waals surface area contributed by atoms with E-state index in [9.17, 15) is 4.79 Å². The molecule has 0 unspecified atom stereocenters. The van der Waals surface area contributed by atoms with Crippen LogP contribution in [0.3, 0.4) is 0 Å². The Kier molecular flexibility index (Phi) is 4.80. The Labute approximate surface area is 114 Å². The van der Waals surface area contributed by atoms with Gasteiger partial charge in [0.25, 0.3) is 0 Å². The van der Waals surface area contributed by atoms with Crippen LogP contribution in [0.25, 0.3) is 0 Å². The van der Waals surface area contributed by atoms with Crippen molar-refractivity contribution < 1.29 is 9.53 Å². The van der Waals surface area contributed by atoms with Gasteiger partial charge < -0.3 is 15.8 Å². The van der Waals surface area contributed by atoms with Gasteiger partial charge in [-0.1, -0.05) is 12.1 Å². The minimum atomic E-state index is 0.0886. The summed E-state index contributed by atoms with van der Waals surface area (Å²) in [4.78, 5) is 11.9. The van der Waals surface area contributed by atoms with E-state index in [4.69, 9.17) is 10.5 Å². The summed E-state index contributed by atoms with van der Waals surface area (Å²) in [5.41, 5.74) is 6.86. The number of amides is 1. The first kappa shape index (κ1) is 13.9. The lowest BCUT2D eigenvalue weighted by Gasteiger charge is -2.26. The van der Waals surface area contributed by atoms with Crippen molar-refractivity contribution in [1.29, 1.82) is 0 Å². The van der Waals surface area contributed by atoms with Crippen LogP contribution in [-0.4, -0.2) is 25.1 Å². The number of rotatable bonds is 4. The van der Waals surface area contributed by atoms with Gasteiger partial charge in [0.2, 0.25) is 5.91 Å². The third-order valence-electron chi connectivity index (χ3n) is 3.66. The summed E-state index contributed by atoms with van der Waals surface area (Å²) in [6.45, 7) is 0. The monoisotopic (exact) mass is 262 g/mol. The minimum Gasteiger partial charge on any atom is -0.497 e. The Morgan fingerprint density at radius 2 is 1.89 bits per heavy atom. The van der Waals surface area contributed by atoms with Crippen molar-refractivity contribution in [2.75, 3.05) is 7.11 Å². The van der Waals surface area contributed by atoms with E-state index < -0.39 is 0 Å². The van der Waals surface area contributed by atoms with Gasteiger partial charge in [-0.3, -0.25) is 4.79 Å². The molecule has 1 fully saturated rings. The number of methoxy groups -OCH3 is 1. The van der Waals surface area contributed by atoms with Crippen molar-refractivity contribution in [2.24, 2.45) is 5.73 Å². The summed E-state index contributed by atoms with van der Waals surface area (Å²) in [5.74, 6) is 0.899. The molecule has 1 aromatic rings. The predicted octanol–water partition coefficient (Wildman–Crippen LogP) is 1.62. The minimum absolute atomic E-state index is 0.0886. The molecular formula is C15H22N2O2. The third-order valence-corrected chi connectivity index (χ3v) is 3.66. The standard InChI is InChI=1S/C15H22N2O2/c1-19-14-8-2-11(3-9-14)10-15(18)17-13-6-4-12(16)5-7-13/h2-3,8-9,12-13H,4-7,10,16H2,1H3,(H,17,18). The number of hydrogen-bond acceptors (Lipinski definition) is 3. The Hall–Kier alpha value is -1.55. The van der Waals surface area contributed by atoms with Crippen LogP contribution >= 0.6 is 0 Å². The molecule has 0 aliphatic heterocycles. The Bertz CT molecular complexity index is 409. The van der Waals surface area contributed by atoms with E-state index in [0.717, 1.165) is 37.0 Å². The SMILES string of the molecule is COc1ccc(CC(=O)NC2CCC(N)CC2)cc1.